The topological polar surface area (TPSA) is 84.2 Å². The summed E-state index contributed by atoms with van der Waals surface area (Å²) in [4.78, 5) is 29.1. The number of hydrogen-bond acceptors (Lipinski definition) is 4. The summed E-state index contributed by atoms with van der Waals surface area (Å²) >= 11 is 0. The number of nitrogens with one attached hydrogen (secondary N) is 2. The molecule has 6 nitrogen and oxygen atoms in total. The third-order valence-corrected chi connectivity index (χ3v) is 4.04. The molecule has 1 aromatic heterocycles. The van der Waals surface area contributed by atoms with E-state index in [-0.39, 0.29) is 24.8 Å². The summed E-state index contributed by atoms with van der Waals surface area (Å²) in [5.74, 6) is 2.74. The van der Waals surface area contributed by atoms with Crippen LogP contribution in [0.4, 0.5) is 5.69 Å². The summed E-state index contributed by atoms with van der Waals surface area (Å²) in [5.41, 5.74) is 2.14. The highest BCUT2D eigenvalue weighted by atomic mass is 16.4. The predicted molar refractivity (Wildman–Crippen MR) is 107 cm³/mol. The van der Waals surface area contributed by atoms with E-state index < -0.39 is 0 Å². The zero-order chi connectivity index (χ0) is 19.9. The van der Waals surface area contributed by atoms with Crippen LogP contribution in [-0.2, 0) is 11.2 Å². The first-order chi connectivity index (χ1) is 13.6. The van der Waals surface area contributed by atoms with E-state index in [9.17, 15) is 9.59 Å². The molecule has 0 radical (unpaired) electrons. The van der Waals surface area contributed by atoms with Gasteiger partial charge in [-0.15, -0.1) is 6.42 Å². The van der Waals surface area contributed by atoms with Gasteiger partial charge in [0, 0.05) is 5.56 Å². The van der Waals surface area contributed by atoms with Gasteiger partial charge in [-0.2, -0.15) is 0 Å². The molecule has 0 aliphatic carbocycles. The number of anilines is 1. The molecule has 2 N–H and O–H groups in total. The van der Waals surface area contributed by atoms with Gasteiger partial charge in [0.05, 0.1) is 29.9 Å². The molecule has 0 spiro atoms. The minimum atomic E-state index is -0.349. The lowest BCUT2D eigenvalue weighted by Gasteiger charge is -2.10. The van der Waals surface area contributed by atoms with E-state index in [0.29, 0.717) is 28.6 Å². The molecule has 2 aromatic carbocycles. The number of carbonyl (C=O) groups is 2. The lowest BCUT2D eigenvalue weighted by atomic mass is 10.1. The predicted octanol–water partition coefficient (Wildman–Crippen LogP) is 3.19. The molecule has 3 aromatic rings. The molecule has 0 bridgehead atoms. The van der Waals surface area contributed by atoms with Gasteiger partial charge in [0.2, 0.25) is 11.8 Å². The first-order valence-corrected chi connectivity index (χ1v) is 8.70. The second kappa shape index (κ2) is 8.69. The molecule has 28 heavy (non-hydrogen) atoms. The number of hydrogen-bond donors (Lipinski definition) is 2. The fourth-order valence-electron chi connectivity index (χ4n) is 2.66. The van der Waals surface area contributed by atoms with Gasteiger partial charge >= 0.3 is 0 Å². The number of carbonyl (C=O) groups excluding carboxylic acids is 2. The van der Waals surface area contributed by atoms with E-state index in [4.69, 9.17) is 10.8 Å². The van der Waals surface area contributed by atoms with E-state index in [0.717, 1.165) is 5.56 Å². The molecule has 6 heteroatoms. The summed E-state index contributed by atoms with van der Waals surface area (Å²) < 4.78 is 5.68. The number of aryl methyl sites for hydroxylation is 1. The van der Waals surface area contributed by atoms with Crippen LogP contribution in [0, 0.1) is 19.3 Å². The molecular formula is C22H19N3O3. The van der Waals surface area contributed by atoms with Crippen molar-refractivity contribution in [3.63, 3.8) is 0 Å². The van der Waals surface area contributed by atoms with Gasteiger partial charge in [0.15, 0.2) is 0 Å². The molecule has 2 amide bonds. The number of oxazole rings is 1. The standard InChI is InChI=1S/C22H19N3O3/c1-3-13-23-21(27)17-11-7-8-12-18(17)24-20(26)14-19-15(2)28-22(25-19)16-9-5-4-6-10-16/h1,4-12H,13-14H2,2H3,(H,23,27)(H,24,26). The van der Waals surface area contributed by atoms with Gasteiger partial charge in [-0.05, 0) is 31.2 Å². The third-order valence-electron chi connectivity index (χ3n) is 4.04. The van der Waals surface area contributed by atoms with Crippen molar-refractivity contribution in [3.8, 4) is 23.8 Å². The van der Waals surface area contributed by atoms with Crippen molar-refractivity contribution in [3.05, 3.63) is 71.6 Å². The molecule has 0 aliphatic rings. The van der Waals surface area contributed by atoms with Crippen molar-refractivity contribution >= 4 is 17.5 Å². The Bertz CT molecular complexity index is 1030. The van der Waals surface area contributed by atoms with Crippen molar-refractivity contribution in [2.24, 2.45) is 0 Å². The molecule has 0 aliphatic heterocycles. The molecule has 1 heterocycles. The molecule has 0 unspecified atom stereocenters. The Hall–Kier alpha value is -3.85. The second-order valence-corrected chi connectivity index (χ2v) is 6.05. The fraction of sp³-hybridized carbons (Fsp3) is 0.136. The third kappa shape index (κ3) is 4.46. The van der Waals surface area contributed by atoms with E-state index in [1.165, 1.54) is 0 Å². The maximum Gasteiger partial charge on any atom is 0.254 e. The van der Waals surface area contributed by atoms with Gasteiger partial charge in [0.1, 0.15) is 5.76 Å². The molecule has 0 atom stereocenters. The number of rotatable bonds is 6. The molecule has 0 fully saturated rings. The number of nitrogens with zero attached hydrogens (tertiary/aromatic N) is 1. The van der Waals surface area contributed by atoms with E-state index in [2.05, 4.69) is 21.5 Å². The summed E-state index contributed by atoms with van der Waals surface area (Å²) in [6.07, 6.45) is 5.20. The maximum atomic E-state index is 12.5. The Kier molecular flexibility index (Phi) is 5.87. The number of aromatic nitrogens is 1. The second-order valence-electron chi connectivity index (χ2n) is 6.05. The lowest BCUT2D eigenvalue weighted by Crippen LogP contribution is -2.25. The first kappa shape index (κ1) is 18.9. The SMILES string of the molecule is C#CCNC(=O)c1ccccc1NC(=O)Cc1nc(-c2ccccc2)oc1C. The Morgan fingerprint density at radius 2 is 1.82 bits per heavy atom. The van der Waals surface area contributed by atoms with E-state index >= 15 is 0 Å². The van der Waals surface area contributed by atoms with Crippen LogP contribution in [0.2, 0.25) is 0 Å². The Morgan fingerprint density at radius 3 is 2.57 bits per heavy atom. The lowest BCUT2D eigenvalue weighted by molar-refractivity contribution is -0.115. The van der Waals surface area contributed by atoms with Crippen LogP contribution in [0.1, 0.15) is 21.8 Å². The van der Waals surface area contributed by atoms with Crippen LogP contribution in [0.3, 0.4) is 0 Å². The number of terminal acetylenes is 1. The zero-order valence-electron chi connectivity index (χ0n) is 15.4. The van der Waals surface area contributed by atoms with Gasteiger partial charge < -0.3 is 15.1 Å². The highest BCUT2D eigenvalue weighted by Crippen LogP contribution is 2.22. The van der Waals surface area contributed by atoms with E-state index in [1.54, 1.807) is 31.2 Å². The Labute approximate surface area is 163 Å². The van der Waals surface area contributed by atoms with Crippen LogP contribution < -0.4 is 10.6 Å². The van der Waals surface area contributed by atoms with Crippen LogP contribution in [-0.4, -0.2) is 23.3 Å². The maximum absolute atomic E-state index is 12.5. The first-order valence-electron chi connectivity index (χ1n) is 8.70. The van der Waals surface area contributed by atoms with Gasteiger partial charge in [-0.1, -0.05) is 36.3 Å². The summed E-state index contributed by atoms with van der Waals surface area (Å²) in [7, 11) is 0. The normalized spacial score (nSPS) is 10.1. The average Bonchev–Trinajstić information content (AvgIpc) is 3.07. The number of para-hydroxylation sites is 1. The molecule has 0 saturated carbocycles. The quantitative estimate of drug-likeness (QED) is 0.650. The highest BCUT2D eigenvalue weighted by molar-refractivity contribution is 6.04. The molecule has 0 saturated heterocycles. The Balaban J connectivity index is 1.73. The van der Waals surface area contributed by atoms with Crippen LogP contribution in [0.25, 0.3) is 11.5 Å². The Morgan fingerprint density at radius 1 is 1.11 bits per heavy atom. The minimum Gasteiger partial charge on any atom is -0.441 e. The molecule has 3 rings (SSSR count). The van der Waals surface area contributed by atoms with Crippen LogP contribution in [0.5, 0.6) is 0 Å². The van der Waals surface area contributed by atoms with Crippen molar-refractivity contribution in [2.75, 3.05) is 11.9 Å². The smallest absolute Gasteiger partial charge is 0.254 e. The number of amides is 2. The average molecular weight is 373 g/mol. The van der Waals surface area contributed by atoms with Crippen LogP contribution >= 0.6 is 0 Å². The largest absolute Gasteiger partial charge is 0.441 e. The summed E-state index contributed by atoms with van der Waals surface area (Å²) in [6.45, 7) is 1.88. The molecular weight excluding hydrogens is 354 g/mol. The van der Waals surface area contributed by atoms with Gasteiger partial charge in [-0.25, -0.2) is 4.98 Å². The van der Waals surface area contributed by atoms with Crippen LogP contribution in [0.15, 0.2) is 59.0 Å². The van der Waals surface area contributed by atoms with E-state index in [1.807, 2.05) is 30.3 Å². The number of benzene rings is 2. The summed E-state index contributed by atoms with van der Waals surface area (Å²) in [6, 6.07) is 16.2. The molecule has 140 valence electrons. The highest BCUT2D eigenvalue weighted by Gasteiger charge is 2.17. The van der Waals surface area contributed by atoms with Crippen molar-refractivity contribution < 1.29 is 14.0 Å². The van der Waals surface area contributed by atoms with Crippen molar-refractivity contribution in [2.45, 2.75) is 13.3 Å². The zero-order valence-corrected chi connectivity index (χ0v) is 15.4. The monoisotopic (exact) mass is 373 g/mol. The summed E-state index contributed by atoms with van der Waals surface area (Å²) in [5, 5.41) is 5.35. The van der Waals surface area contributed by atoms with Gasteiger partial charge in [-0.3, -0.25) is 9.59 Å². The van der Waals surface area contributed by atoms with Crippen molar-refractivity contribution in [1.29, 1.82) is 0 Å². The minimum absolute atomic E-state index is 0.0302. The van der Waals surface area contributed by atoms with Gasteiger partial charge in [0.25, 0.3) is 5.91 Å². The fourth-order valence-corrected chi connectivity index (χ4v) is 2.66. The van der Waals surface area contributed by atoms with Crippen molar-refractivity contribution in [1.82, 2.24) is 10.3 Å².